The highest BCUT2D eigenvalue weighted by Crippen LogP contribution is 2.30. The zero-order chi connectivity index (χ0) is 21.1. The number of ether oxygens (including phenoxy) is 1. The Hall–Kier alpha value is -2.78. The summed E-state index contributed by atoms with van der Waals surface area (Å²) in [5.74, 6) is -0.460. The number of halogens is 1. The van der Waals surface area contributed by atoms with E-state index < -0.39 is 10.0 Å². The van der Waals surface area contributed by atoms with Crippen LogP contribution in [0.15, 0.2) is 41.3 Å². The van der Waals surface area contributed by atoms with Gasteiger partial charge in [-0.15, -0.1) is 0 Å². The number of hydrogen-bond acceptors (Lipinski definition) is 5. The number of nitrogens with one attached hydrogen (secondary N) is 2. The summed E-state index contributed by atoms with van der Waals surface area (Å²) in [7, 11) is 0.428. The largest absolute Gasteiger partial charge is 0.495 e. The van der Waals surface area contributed by atoms with E-state index in [4.69, 9.17) is 16.3 Å². The number of amides is 2. The third-order valence-electron chi connectivity index (χ3n) is 3.65. The highest BCUT2D eigenvalue weighted by molar-refractivity contribution is 7.92. The molecular weight excluding hydrogens is 406 g/mol. The first-order chi connectivity index (χ1) is 13.0. The van der Waals surface area contributed by atoms with Gasteiger partial charge in [0.25, 0.3) is 15.9 Å². The van der Waals surface area contributed by atoms with Crippen LogP contribution >= 0.6 is 11.6 Å². The average Bonchev–Trinajstić information content (AvgIpc) is 2.60. The summed E-state index contributed by atoms with van der Waals surface area (Å²) in [6, 6.07) is 8.31. The van der Waals surface area contributed by atoms with Crippen LogP contribution in [0.3, 0.4) is 0 Å². The van der Waals surface area contributed by atoms with Gasteiger partial charge in [-0.3, -0.25) is 14.3 Å². The smallest absolute Gasteiger partial charge is 0.261 e. The Morgan fingerprint density at radius 2 is 1.75 bits per heavy atom. The standard InChI is InChI=1S/C18H20ClN3O5S/c1-11(23)20-16-10-13(6-8-17(16)27-4)28(25,26)21-15-9-12(19)5-7-14(15)18(24)22(2)3/h5-10,21H,1-4H3,(H,20,23). The number of carbonyl (C=O) groups is 2. The average molecular weight is 426 g/mol. The molecule has 2 amide bonds. The molecule has 2 aromatic rings. The molecular formula is C18H20ClN3O5S. The van der Waals surface area contributed by atoms with E-state index in [1.54, 1.807) is 14.1 Å². The Bertz CT molecular complexity index is 1020. The molecule has 10 heteroatoms. The molecule has 0 unspecified atom stereocenters. The summed E-state index contributed by atoms with van der Waals surface area (Å²) < 4.78 is 33.2. The summed E-state index contributed by atoms with van der Waals surface area (Å²) in [6.45, 7) is 1.30. The van der Waals surface area contributed by atoms with Crippen molar-refractivity contribution >= 4 is 44.8 Å². The van der Waals surface area contributed by atoms with E-state index in [0.717, 1.165) is 0 Å². The third kappa shape index (κ3) is 4.93. The first-order valence-corrected chi connectivity index (χ1v) is 9.91. The Balaban J connectivity index is 2.48. The summed E-state index contributed by atoms with van der Waals surface area (Å²) in [5.41, 5.74) is 0.394. The minimum atomic E-state index is -4.08. The van der Waals surface area contributed by atoms with Gasteiger partial charge in [-0.05, 0) is 36.4 Å². The van der Waals surface area contributed by atoms with Gasteiger partial charge < -0.3 is 15.0 Å². The van der Waals surface area contributed by atoms with Crippen LogP contribution < -0.4 is 14.8 Å². The van der Waals surface area contributed by atoms with Gasteiger partial charge in [-0.2, -0.15) is 0 Å². The second kappa shape index (κ2) is 8.49. The maximum atomic E-state index is 12.9. The van der Waals surface area contributed by atoms with Crippen molar-refractivity contribution < 1.29 is 22.7 Å². The number of nitrogens with zero attached hydrogens (tertiary/aromatic N) is 1. The van der Waals surface area contributed by atoms with Crippen molar-refractivity contribution in [3.8, 4) is 5.75 Å². The normalized spacial score (nSPS) is 10.9. The molecule has 150 valence electrons. The molecule has 2 aromatic carbocycles. The second-order valence-corrected chi connectivity index (χ2v) is 8.16. The highest BCUT2D eigenvalue weighted by Gasteiger charge is 2.21. The SMILES string of the molecule is COc1ccc(S(=O)(=O)Nc2cc(Cl)ccc2C(=O)N(C)C)cc1NC(C)=O. The first kappa shape index (κ1) is 21.5. The number of rotatable bonds is 6. The van der Waals surface area contributed by atoms with Gasteiger partial charge in [0.15, 0.2) is 0 Å². The predicted octanol–water partition coefficient (Wildman–Crippen LogP) is 2.81. The lowest BCUT2D eigenvalue weighted by atomic mass is 10.1. The molecule has 2 rings (SSSR count). The minimum absolute atomic E-state index is 0.0445. The van der Waals surface area contributed by atoms with Crippen molar-refractivity contribution in [2.45, 2.75) is 11.8 Å². The first-order valence-electron chi connectivity index (χ1n) is 8.05. The van der Waals surface area contributed by atoms with Gasteiger partial charge in [-0.25, -0.2) is 8.42 Å². The molecule has 28 heavy (non-hydrogen) atoms. The molecule has 0 aliphatic carbocycles. The fraction of sp³-hybridized carbons (Fsp3) is 0.222. The zero-order valence-electron chi connectivity index (χ0n) is 15.7. The second-order valence-electron chi connectivity index (χ2n) is 6.04. The van der Waals surface area contributed by atoms with Crippen LogP contribution in [-0.2, 0) is 14.8 Å². The van der Waals surface area contributed by atoms with Crippen molar-refractivity contribution in [1.82, 2.24) is 4.90 Å². The molecule has 8 nitrogen and oxygen atoms in total. The molecule has 0 saturated heterocycles. The quantitative estimate of drug-likeness (QED) is 0.740. The molecule has 0 bridgehead atoms. The number of methoxy groups -OCH3 is 1. The highest BCUT2D eigenvalue weighted by atomic mass is 35.5. The van der Waals surface area contributed by atoms with Crippen molar-refractivity contribution in [2.24, 2.45) is 0 Å². The minimum Gasteiger partial charge on any atom is -0.495 e. The number of anilines is 2. The third-order valence-corrected chi connectivity index (χ3v) is 5.25. The molecule has 0 aliphatic heterocycles. The van der Waals surface area contributed by atoms with Crippen LogP contribution in [0, 0.1) is 0 Å². The molecule has 2 N–H and O–H groups in total. The number of benzene rings is 2. The van der Waals surface area contributed by atoms with E-state index >= 15 is 0 Å². The number of carbonyl (C=O) groups excluding carboxylic acids is 2. The van der Waals surface area contributed by atoms with Crippen molar-refractivity contribution in [1.29, 1.82) is 0 Å². The Labute approximate surface area is 168 Å². The zero-order valence-corrected chi connectivity index (χ0v) is 17.3. The summed E-state index contributed by atoms with van der Waals surface area (Å²) >= 11 is 5.97. The topological polar surface area (TPSA) is 105 Å². The van der Waals surface area contributed by atoms with Crippen LogP contribution in [0.25, 0.3) is 0 Å². The van der Waals surface area contributed by atoms with E-state index in [2.05, 4.69) is 10.0 Å². The van der Waals surface area contributed by atoms with Gasteiger partial charge in [-0.1, -0.05) is 11.6 Å². The van der Waals surface area contributed by atoms with Crippen LogP contribution in [0.5, 0.6) is 5.75 Å². The van der Waals surface area contributed by atoms with Crippen molar-refractivity contribution in [2.75, 3.05) is 31.2 Å². The lowest BCUT2D eigenvalue weighted by molar-refractivity contribution is -0.114. The molecule has 0 aromatic heterocycles. The lowest BCUT2D eigenvalue weighted by Gasteiger charge is -2.17. The van der Waals surface area contributed by atoms with E-state index in [1.807, 2.05) is 0 Å². The molecule has 0 radical (unpaired) electrons. The molecule has 0 aliphatic rings. The van der Waals surface area contributed by atoms with Crippen molar-refractivity contribution in [3.05, 3.63) is 47.0 Å². The summed E-state index contributed by atoms with van der Waals surface area (Å²) in [4.78, 5) is 24.9. The predicted molar refractivity (Wildman–Crippen MR) is 108 cm³/mol. The number of sulfonamides is 1. The van der Waals surface area contributed by atoms with E-state index in [0.29, 0.717) is 5.75 Å². The van der Waals surface area contributed by atoms with Gasteiger partial charge in [0.1, 0.15) is 5.75 Å². The van der Waals surface area contributed by atoms with Crippen molar-refractivity contribution in [3.63, 3.8) is 0 Å². The summed E-state index contributed by atoms with van der Waals surface area (Å²) in [5, 5.41) is 2.78. The van der Waals surface area contributed by atoms with Gasteiger partial charge in [0, 0.05) is 26.0 Å². The molecule has 0 spiro atoms. The Morgan fingerprint density at radius 3 is 2.32 bits per heavy atom. The fourth-order valence-corrected chi connectivity index (χ4v) is 3.64. The van der Waals surface area contributed by atoms with E-state index in [-0.39, 0.29) is 38.7 Å². The number of hydrogen-bond donors (Lipinski definition) is 2. The Morgan fingerprint density at radius 1 is 1.07 bits per heavy atom. The van der Waals surface area contributed by atoms with Gasteiger partial charge in [0.05, 0.1) is 28.9 Å². The van der Waals surface area contributed by atoms with E-state index in [1.165, 1.54) is 55.3 Å². The van der Waals surface area contributed by atoms with Crippen LogP contribution in [0.2, 0.25) is 5.02 Å². The molecule has 0 saturated carbocycles. The van der Waals surface area contributed by atoms with E-state index in [9.17, 15) is 18.0 Å². The van der Waals surface area contributed by atoms with Crippen LogP contribution in [0.4, 0.5) is 11.4 Å². The molecule has 0 atom stereocenters. The van der Waals surface area contributed by atoms with Crippen LogP contribution in [-0.4, -0.2) is 46.3 Å². The monoisotopic (exact) mass is 425 g/mol. The molecule has 0 heterocycles. The van der Waals surface area contributed by atoms with Crippen LogP contribution in [0.1, 0.15) is 17.3 Å². The maximum Gasteiger partial charge on any atom is 0.261 e. The summed E-state index contributed by atoms with van der Waals surface area (Å²) in [6.07, 6.45) is 0. The molecule has 0 fully saturated rings. The van der Waals surface area contributed by atoms with Gasteiger partial charge in [0.2, 0.25) is 5.91 Å². The maximum absolute atomic E-state index is 12.9. The lowest BCUT2D eigenvalue weighted by Crippen LogP contribution is -2.24. The fourth-order valence-electron chi connectivity index (χ4n) is 2.37. The Kier molecular flexibility index (Phi) is 6.52. The van der Waals surface area contributed by atoms with Gasteiger partial charge >= 0.3 is 0 Å².